The molecule has 0 rings (SSSR count). The number of ether oxygens (including phenoxy) is 2. The fraction of sp³-hybridized carbons (Fsp3) is 0.807. The van der Waals surface area contributed by atoms with Gasteiger partial charge in [0, 0.05) is 13.0 Å². The van der Waals surface area contributed by atoms with Crippen LogP contribution >= 0.6 is 0 Å². The van der Waals surface area contributed by atoms with Crippen LogP contribution in [0.15, 0.2) is 60.8 Å². The van der Waals surface area contributed by atoms with Crippen LogP contribution in [0.4, 0.5) is 0 Å². The number of esters is 1. The van der Waals surface area contributed by atoms with Gasteiger partial charge in [-0.2, -0.15) is 0 Å². The number of allylic oxidation sites excluding steroid dienone is 10. The summed E-state index contributed by atoms with van der Waals surface area (Å²) in [6.07, 6.45) is 73.3. The van der Waals surface area contributed by atoms with Gasteiger partial charge in [-0.15, -0.1) is 0 Å². The average Bonchev–Trinajstić information content (AvgIpc) is 3.27. The fourth-order valence-electron chi connectivity index (χ4n) is 7.89. The Labute approximate surface area is 381 Å². The van der Waals surface area contributed by atoms with Gasteiger partial charge >= 0.3 is 5.97 Å². The van der Waals surface area contributed by atoms with Crippen LogP contribution in [-0.2, 0) is 14.3 Å². The van der Waals surface area contributed by atoms with E-state index in [-0.39, 0.29) is 12.6 Å². The number of rotatable bonds is 50. The lowest BCUT2D eigenvalue weighted by Crippen LogP contribution is -2.27. The van der Waals surface area contributed by atoms with Crippen molar-refractivity contribution >= 4 is 5.97 Å². The molecule has 0 saturated carbocycles. The highest BCUT2D eigenvalue weighted by molar-refractivity contribution is 5.69. The zero-order chi connectivity index (χ0) is 44.0. The van der Waals surface area contributed by atoms with Crippen LogP contribution in [0.25, 0.3) is 0 Å². The van der Waals surface area contributed by atoms with E-state index in [4.69, 9.17) is 9.47 Å². The standard InChI is InChI=1S/C57H104O4/c1-3-5-7-9-11-13-15-17-19-21-23-25-27-28-29-31-33-35-37-39-41-43-45-47-49-51-53-60-55-56(54-58)61-57(59)52-50-48-46-44-42-40-38-36-34-32-30-26-24-22-20-18-16-14-12-10-8-6-4-2/h5,7,11,13,17,19,23,25,28-29,56,58H,3-4,6,8-10,12,14-16,18,20-22,24,26-27,30-55H2,1-2H3/b7-5-,13-11-,19-17-,25-23-,29-28-. The molecule has 0 heterocycles. The molecule has 0 aliphatic rings. The first kappa shape index (κ1) is 59.1. The molecule has 0 amide bonds. The first-order valence-corrected chi connectivity index (χ1v) is 26.9. The molecule has 356 valence electrons. The molecule has 0 aliphatic heterocycles. The predicted molar refractivity (Wildman–Crippen MR) is 270 cm³/mol. The van der Waals surface area contributed by atoms with Gasteiger partial charge in [0.2, 0.25) is 0 Å². The monoisotopic (exact) mass is 853 g/mol. The second-order valence-electron chi connectivity index (χ2n) is 17.9. The summed E-state index contributed by atoms with van der Waals surface area (Å²) < 4.78 is 11.2. The van der Waals surface area contributed by atoms with Gasteiger partial charge in [0.25, 0.3) is 0 Å². The van der Waals surface area contributed by atoms with Crippen molar-refractivity contribution in [3.63, 3.8) is 0 Å². The van der Waals surface area contributed by atoms with Crippen LogP contribution < -0.4 is 0 Å². The zero-order valence-corrected chi connectivity index (χ0v) is 40.9. The van der Waals surface area contributed by atoms with E-state index in [1.54, 1.807) is 0 Å². The van der Waals surface area contributed by atoms with Crippen molar-refractivity contribution in [2.45, 2.75) is 277 Å². The van der Waals surface area contributed by atoms with Crippen molar-refractivity contribution in [1.82, 2.24) is 0 Å². The van der Waals surface area contributed by atoms with Crippen molar-refractivity contribution in [2.75, 3.05) is 19.8 Å². The largest absolute Gasteiger partial charge is 0.457 e. The first-order chi connectivity index (χ1) is 30.2. The Morgan fingerprint density at radius 1 is 0.410 bits per heavy atom. The van der Waals surface area contributed by atoms with Gasteiger partial charge in [-0.25, -0.2) is 0 Å². The minimum absolute atomic E-state index is 0.172. The second kappa shape index (κ2) is 54.2. The zero-order valence-electron chi connectivity index (χ0n) is 40.9. The van der Waals surface area contributed by atoms with Crippen molar-refractivity contribution in [2.24, 2.45) is 0 Å². The minimum Gasteiger partial charge on any atom is -0.457 e. The molecule has 0 bridgehead atoms. The Hall–Kier alpha value is -1.91. The highest BCUT2D eigenvalue weighted by atomic mass is 16.6. The lowest BCUT2D eigenvalue weighted by Gasteiger charge is -2.16. The molecule has 0 aromatic heterocycles. The summed E-state index contributed by atoms with van der Waals surface area (Å²) >= 11 is 0. The van der Waals surface area contributed by atoms with E-state index >= 15 is 0 Å². The number of hydrogen-bond donors (Lipinski definition) is 1. The van der Waals surface area contributed by atoms with Gasteiger partial charge in [-0.1, -0.05) is 267 Å². The summed E-state index contributed by atoms with van der Waals surface area (Å²) in [5, 5.41) is 9.67. The third-order valence-electron chi connectivity index (χ3n) is 11.9. The predicted octanol–water partition coefficient (Wildman–Crippen LogP) is 18.3. The normalized spacial score (nSPS) is 12.8. The number of carbonyl (C=O) groups excluding carboxylic acids is 1. The summed E-state index contributed by atoms with van der Waals surface area (Å²) in [7, 11) is 0. The van der Waals surface area contributed by atoms with Crippen molar-refractivity contribution < 1.29 is 19.4 Å². The highest BCUT2D eigenvalue weighted by Gasteiger charge is 2.13. The summed E-state index contributed by atoms with van der Waals surface area (Å²) in [5.74, 6) is -0.198. The molecule has 4 heteroatoms. The third kappa shape index (κ3) is 52.3. The summed E-state index contributed by atoms with van der Waals surface area (Å²) in [4.78, 5) is 12.3. The van der Waals surface area contributed by atoms with Crippen LogP contribution in [-0.4, -0.2) is 37.0 Å². The van der Waals surface area contributed by atoms with Gasteiger partial charge in [-0.05, 0) is 57.8 Å². The van der Waals surface area contributed by atoms with Gasteiger partial charge in [0.15, 0.2) is 0 Å². The van der Waals surface area contributed by atoms with Crippen LogP contribution in [0.1, 0.15) is 271 Å². The number of aliphatic hydroxyl groups is 1. The smallest absolute Gasteiger partial charge is 0.306 e. The topological polar surface area (TPSA) is 55.8 Å². The van der Waals surface area contributed by atoms with Crippen molar-refractivity contribution in [3.8, 4) is 0 Å². The molecule has 0 radical (unpaired) electrons. The Morgan fingerprint density at radius 2 is 0.738 bits per heavy atom. The van der Waals surface area contributed by atoms with Crippen molar-refractivity contribution in [3.05, 3.63) is 60.8 Å². The lowest BCUT2D eigenvalue weighted by molar-refractivity contribution is -0.154. The van der Waals surface area contributed by atoms with E-state index in [1.807, 2.05) is 0 Å². The summed E-state index contributed by atoms with van der Waals surface area (Å²) in [5.41, 5.74) is 0. The molecule has 0 spiro atoms. The molecule has 1 unspecified atom stereocenters. The Kier molecular flexibility index (Phi) is 52.5. The quantitative estimate of drug-likeness (QED) is 0.0376. The summed E-state index contributed by atoms with van der Waals surface area (Å²) in [6.45, 7) is 5.26. The molecular weight excluding hydrogens is 749 g/mol. The fourth-order valence-corrected chi connectivity index (χ4v) is 7.89. The lowest BCUT2D eigenvalue weighted by atomic mass is 10.0. The van der Waals surface area contributed by atoms with Gasteiger partial charge in [0.1, 0.15) is 6.10 Å². The summed E-state index contributed by atoms with van der Waals surface area (Å²) in [6, 6.07) is 0. The molecule has 61 heavy (non-hydrogen) atoms. The molecule has 0 aromatic rings. The number of unbranched alkanes of at least 4 members (excludes halogenated alkanes) is 32. The van der Waals surface area contributed by atoms with E-state index in [2.05, 4.69) is 74.6 Å². The van der Waals surface area contributed by atoms with Gasteiger partial charge in [-0.3, -0.25) is 4.79 Å². The van der Waals surface area contributed by atoms with Gasteiger partial charge < -0.3 is 14.6 Å². The molecular formula is C57H104O4. The van der Waals surface area contributed by atoms with E-state index < -0.39 is 6.10 Å². The Bertz CT molecular complexity index is 993. The van der Waals surface area contributed by atoms with E-state index in [0.717, 1.165) is 51.4 Å². The maximum atomic E-state index is 12.3. The molecule has 1 N–H and O–H groups in total. The molecule has 0 fully saturated rings. The van der Waals surface area contributed by atoms with E-state index in [1.165, 1.54) is 199 Å². The number of aliphatic hydroxyl groups excluding tert-OH is 1. The first-order valence-electron chi connectivity index (χ1n) is 26.9. The SMILES string of the molecule is CC/C=C\C/C=C\C/C=C\C/C=C\C/C=C\CCCCCCCCCCCCOCC(CO)OC(=O)CCCCCCCCCCCCCCCCCCCCCCCCC. The Morgan fingerprint density at radius 3 is 1.11 bits per heavy atom. The van der Waals surface area contributed by atoms with Crippen LogP contribution in [0.3, 0.4) is 0 Å². The average molecular weight is 853 g/mol. The maximum absolute atomic E-state index is 12.3. The van der Waals surface area contributed by atoms with E-state index in [9.17, 15) is 9.90 Å². The van der Waals surface area contributed by atoms with E-state index in [0.29, 0.717) is 19.6 Å². The minimum atomic E-state index is -0.538. The highest BCUT2D eigenvalue weighted by Crippen LogP contribution is 2.16. The number of carbonyl (C=O) groups is 1. The molecule has 1 atom stereocenters. The van der Waals surface area contributed by atoms with Crippen LogP contribution in [0, 0.1) is 0 Å². The maximum Gasteiger partial charge on any atom is 0.306 e. The third-order valence-corrected chi connectivity index (χ3v) is 11.9. The van der Waals surface area contributed by atoms with Crippen LogP contribution in [0.5, 0.6) is 0 Å². The Balaban J connectivity index is 3.40. The van der Waals surface area contributed by atoms with Gasteiger partial charge in [0.05, 0.1) is 13.2 Å². The molecule has 0 aromatic carbocycles. The van der Waals surface area contributed by atoms with Crippen molar-refractivity contribution in [1.29, 1.82) is 0 Å². The molecule has 0 aliphatic carbocycles. The number of hydrogen-bond acceptors (Lipinski definition) is 4. The second-order valence-corrected chi connectivity index (χ2v) is 17.9. The van der Waals surface area contributed by atoms with Crippen LogP contribution in [0.2, 0.25) is 0 Å². The molecule has 4 nitrogen and oxygen atoms in total. The molecule has 0 saturated heterocycles.